The summed E-state index contributed by atoms with van der Waals surface area (Å²) in [6, 6.07) is 5.00. The zero-order chi connectivity index (χ0) is 13.5. The molecule has 1 rings (SSSR count). The molecule has 0 spiro atoms. The van der Waals surface area contributed by atoms with Crippen molar-refractivity contribution in [3.8, 4) is 0 Å². The normalized spacial score (nSPS) is 12.4. The summed E-state index contributed by atoms with van der Waals surface area (Å²) in [5.74, 6) is -0.00826. The average molecular weight is 353 g/mol. The summed E-state index contributed by atoms with van der Waals surface area (Å²) in [7, 11) is 0. The molecule has 0 fully saturated rings. The molecule has 1 aromatic carbocycles. The van der Waals surface area contributed by atoms with E-state index in [0.29, 0.717) is 18.0 Å². The van der Waals surface area contributed by atoms with Gasteiger partial charge >= 0.3 is 5.97 Å². The molecule has 1 atom stereocenters. The SMILES string of the molecule is CSCC[C@H](NCc1cc(Br)ccc1Cl)C(=O)O. The summed E-state index contributed by atoms with van der Waals surface area (Å²) in [5, 5.41) is 12.7. The van der Waals surface area contributed by atoms with Crippen molar-refractivity contribution in [2.45, 2.75) is 19.0 Å². The third-order valence-corrected chi connectivity index (χ3v) is 3.96. The molecule has 2 N–H and O–H groups in total. The lowest BCUT2D eigenvalue weighted by atomic mass is 10.2. The van der Waals surface area contributed by atoms with Gasteiger partial charge in [-0.3, -0.25) is 4.79 Å². The molecule has 6 heteroatoms. The minimum absolute atomic E-state index is 0.448. The third-order valence-electron chi connectivity index (χ3n) is 2.46. The maximum atomic E-state index is 11.1. The van der Waals surface area contributed by atoms with Crippen LogP contribution in [0.25, 0.3) is 0 Å². The van der Waals surface area contributed by atoms with Crippen molar-refractivity contribution >= 4 is 45.3 Å². The summed E-state index contributed by atoms with van der Waals surface area (Å²) in [5.41, 5.74) is 0.890. The average Bonchev–Trinajstić information content (AvgIpc) is 2.33. The molecule has 0 aliphatic carbocycles. The van der Waals surface area contributed by atoms with E-state index in [9.17, 15) is 4.79 Å². The molecular weight excluding hydrogens is 338 g/mol. The number of aliphatic carboxylic acids is 1. The van der Waals surface area contributed by atoms with Gasteiger partial charge < -0.3 is 10.4 Å². The van der Waals surface area contributed by atoms with Crippen LogP contribution in [0.2, 0.25) is 5.02 Å². The lowest BCUT2D eigenvalue weighted by Gasteiger charge is -2.14. The van der Waals surface area contributed by atoms with E-state index < -0.39 is 12.0 Å². The van der Waals surface area contributed by atoms with Crippen LogP contribution in [0.1, 0.15) is 12.0 Å². The topological polar surface area (TPSA) is 49.3 Å². The Morgan fingerprint density at radius 2 is 2.33 bits per heavy atom. The van der Waals surface area contributed by atoms with Crippen molar-refractivity contribution in [3.05, 3.63) is 33.3 Å². The Morgan fingerprint density at radius 1 is 1.61 bits per heavy atom. The molecule has 0 amide bonds. The van der Waals surface area contributed by atoms with Gasteiger partial charge in [0.2, 0.25) is 0 Å². The number of carboxylic acids is 1. The van der Waals surface area contributed by atoms with Crippen molar-refractivity contribution < 1.29 is 9.90 Å². The molecular formula is C12H15BrClNO2S. The molecule has 0 aliphatic rings. The minimum atomic E-state index is -0.824. The maximum Gasteiger partial charge on any atom is 0.320 e. The van der Waals surface area contributed by atoms with Gasteiger partial charge in [-0.05, 0) is 42.2 Å². The quantitative estimate of drug-likeness (QED) is 0.789. The molecule has 1 aromatic rings. The zero-order valence-electron chi connectivity index (χ0n) is 9.95. The van der Waals surface area contributed by atoms with Gasteiger partial charge in [-0.1, -0.05) is 27.5 Å². The van der Waals surface area contributed by atoms with Gasteiger partial charge in [-0.15, -0.1) is 0 Å². The molecule has 0 radical (unpaired) electrons. The lowest BCUT2D eigenvalue weighted by molar-refractivity contribution is -0.139. The third kappa shape index (κ3) is 5.18. The van der Waals surface area contributed by atoms with Gasteiger partial charge in [0.15, 0.2) is 0 Å². The molecule has 100 valence electrons. The monoisotopic (exact) mass is 351 g/mol. The summed E-state index contributed by atoms with van der Waals surface area (Å²) >= 11 is 11.1. The molecule has 3 nitrogen and oxygen atoms in total. The number of carbonyl (C=O) groups is 1. The second-order valence-corrected chi connectivity index (χ2v) is 6.10. The second kappa shape index (κ2) is 8.04. The van der Waals surface area contributed by atoms with E-state index in [1.54, 1.807) is 17.8 Å². The van der Waals surface area contributed by atoms with Crippen molar-refractivity contribution in [1.29, 1.82) is 0 Å². The molecule has 0 saturated carbocycles. The van der Waals surface area contributed by atoms with E-state index >= 15 is 0 Å². The Kier molecular flexibility index (Phi) is 7.07. The molecule has 0 saturated heterocycles. The lowest BCUT2D eigenvalue weighted by Crippen LogP contribution is -2.36. The van der Waals surface area contributed by atoms with Gasteiger partial charge in [0.25, 0.3) is 0 Å². The number of nitrogens with one attached hydrogen (secondary N) is 1. The van der Waals surface area contributed by atoms with Crippen LogP contribution in [0.5, 0.6) is 0 Å². The first-order chi connectivity index (χ1) is 8.54. The molecule has 0 heterocycles. The fourth-order valence-electron chi connectivity index (χ4n) is 1.46. The van der Waals surface area contributed by atoms with E-state index in [1.165, 1.54) is 0 Å². The van der Waals surface area contributed by atoms with Crippen LogP contribution in [-0.4, -0.2) is 29.1 Å². The Labute approximate surface area is 124 Å². The molecule has 0 unspecified atom stereocenters. The number of halogens is 2. The largest absolute Gasteiger partial charge is 0.480 e. The number of carboxylic acid groups (broad SMARTS) is 1. The molecule has 0 aliphatic heterocycles. The highest BCUT2D eigenvalue weighted by atomic mass is 79.9. The standard InChI is InChI=1S/C12H15BrClNO2S/c1-18-5-4-11(12(16)17)15-7-8-6-9(13)2-3-10(8)14/h2-3,6,11,15H,4-5,7H2,1H3,(H,16,17)/t11-/m0/s1. The van der Waals surface area contributed by atoms with Crippen LogP contribution in [0.3, 0.4) is 0 Å². The van der Waals surface area contributed by atoms with E-state index in [1.807, 2.05) is 18.4 Å². The first-order valence-electron chi connectivity index (χ1n) is 5.43. The smallest absolute Gasteiger partial charge is 0.320 e. The minimum Gasteiger partial charge on any atom is -0.480 e. The zero-order valence-corrected chi connectivity index (χ0v) is 13.1. The number of thioether (sulfide) groups is 1. The van der Waals surface area contributed by atoms with E-state index in [0.717, 1.165) is 15.8 Å². The number of benzene rings is 1. The maximum absolute atomic E-state index is 11.1. The van der Waals surface area contributed by atoms with Crippen molar-refractivity contribution in [3.63, 3.8) is 0 Å². The number of hydrogen-bond acceptors (Lipinski definition) is 3. The Hall–Kier alpha value is -0.230. The van der Waals surface area contributed by atoms with Crippen LogP contribution in [0.15, 0.2) is 22.7 Å². The van der Waals surface area contributed by atoms with E-state index in [2.05, 4.69) is 21.2 Å². The van der Waals surface area contributed by atoms with E-state index in [4.69, 9.17) is 16.7 Å². The highest BCUT2D eigenvalue weighted by Crippen LogP contribution is 2.21. The number of rotatable bonds is 7. The van der Waals surface area contributed by atoms with Gasteiger partial charge in [-0.25, -0.2) is 0 Å². The fourth-order valence-corrected chi connectivity index (χ4v) is 2.52. The van der Waals surface area contributed by atoms with E-state index in [-0.39, 0.29) is 0 Å². The summed E-state index contributed by atoms with van der Waals surface area (Å²) in [4.78, 5) is 11.1. The fraction of sp³-hybridized carbons (Fsp3) is 0.417. The van der Waals surface area contributed by atoms with Crippen LogP contribution < -0.4 is 5.32 Å². The van der Waals surface area contributed by atoms with Crippen molar-refractivity contribution in [2.24, 2.45) is 0 Å². The highest BCUT2D eigenvalue weighted by molar-refractivity contribution is 9.10. The predicted octanol–water partition coefficient (Wildman–Crippen LogP) is 3.40. The molecule has 0 aromatic heterocycles. The predicted molar refractivity (Wildman–Crippen MR) is 80.4 cm³/mol. The van der Waals surface area contributed by atoms with Crippen LogP contribution in [-0.2, 0) is 11.3 Å². The van der Waals surface area contributed by atoms with Gasteiger partial charge in [-0.2, -0.15) is 11.8 Å². The molecule has 18 heavy (non-hydrogen) atoms. The summed E-state index contributed by atoms with van der Waals surface area (Å²) in [6.07, 6.45) is 2.56. The van der Waals surface area contributed by atoms with Gasteiger partial charge in [0.05, 0.1) is 0 Å². The van der Waals surface area contributed by atoms with Crippen molar-refractivity contribution in [1.82, 2.24) is 5.32 Å². The van der Waals surface area contributed by atoms with Crippen LogP contribution >= 0.6 is 39.3 Å². The highest BCUT2D eigenvalue weighted by Gasteiger charge is 2.16. The Balaban J connectivity index is 2.60. The Bertz CT molecular complexity index is 417. The molecule has 0 bridgehead atoms. The van der Waals surface area contributed by atoms with Crippen LogP contribution in [0.4, 0.5) is 0 Å². The van der Waals surface area contributed by atoms with Crippen molar-refractivity contribution in [2.75, 3.05) is 12.0 Å². The number of hydrogen-bond donors (Lipinski definition) is 2. The second-order valence-electron chi connectivity index (χ2n) is 3.79. The first kappa shape index (κ1) is 15.8. The Morgan fingerprint density at radius 3 is 2.94 bits per heavy atom. The van der Waals surface area contributed by atoms with Gasteiger partial charge in [0.1, 0.15) is 6.04 Å². The first-order valence-corrected chi connectivity index (χ1v) is 8.00. The summed E-state index contributed by atoms with van der Waals surface area (Å²) in [6.45, 7) is 0.448. The summed E-state index contributed by atoms with van der Waals surface area (Å²) < 4.78 is 0.930. The van der Waals surface area contributed by atoms with Crippen LogP contribution in [0, 0.1) is 0 Å². The van der Waals surface area contributed by atoms with Gasteiger partial charge in [0, 0.05) is 16.0 Å².